The number of ether oxygens (including phenoxy) is 3. The van der Waals surface area contributed by atoms with Crippen molar-refractivity contribution in [2.24, 2.45) is 7.05 Å². The van der Waals surface area contributed by atoms with Crippen LogP contribution in [0.5, 0.6) is 11.5 Å². The first-order chi connectivity index (χ1) is 25.2. The van der Waals surface area contributed by atoms with Crippen LogP contribution in [0.2, 0.25) is 5.02 Å². The summed E-state index contributed by atoms with van der Waals surface area (Å²) in [6.45, 7) is 7.50. The molecule has 7 rings (SSSR count). The Morgan fingerprint density at radius 3 is 2.21 bits per heavy atom. The molecule has 0 atom stereocenters. The first-order valence-electron chi connectivity index (χ1n) is 17.5. The van der Waals surface area contributed by atoms with E-state index in [1.54, 1.807) is 12.1 Å². The number of amides is 2. The van der Waals surface area contributed by atoms with Gasteiger partial charge in [-0.2, -0.15) is 0 Å². The average molecular weight is 721 g/mol. The number of hydrogen-bond acceptors (Lipinski definition) is 6. The normalized spacial score (nSPS) is 14.1. The van der Waals surface area contributed by atoms with Crippen molar-refractivity contribution < 1.29 is 23.8 Å². The molecule has 1 fully saturated rings. The molecule has 1 aromatic heterocycles. The highest BCUT2D eigenvalue weighted by Gasteiger charge is 2.27. The molecule has 0 unspecified atom stereocenters. The Morgan fingerprint density at radius 2 is 1.54 bits per heavy atom. The van der Waals surface area contributed by atoms with Crippen molar-refractivity contribution >= 4 is 29.1 Å². The molecule has 52 heavy (non-hydrogen) atoms. The Balaban J connectivity index is 0.000000594. The second kappa shape index (κ2) is 17.0. The largest absolute Gasteiger partial charge is 0.495 e. The third kappa shape index (κ3) is 8.67. The standard InChI is InChI=1S/C37H34ClN3O4.C5H11NO/c1-24-30(36(42)39-28-13-15-29(16-14-28)45-23-25-9-5-4-6-10-25)20-34(40(24)2)31-19-33(38)35(44-3)21-32(31)37(43)41-18-17-26-11-7-8-12-27(26)22-41;1-6-2-4-7-5-3-6/h4-16,19-21H,17-18,22-23H2,1-3H3,(H,39,42);2-5H2,1H3. The molecule has 5 aromatic rings. The number of carbonyl (C=O) groups is 2. The summed E-state index contributed by atoms with van der Waals surface area (Å²) in [5.41, 5.74) is 7.18. The predicted octanol–water partition coefficient (Wildman–Crippen LogP) is 7.64. The third-order valence-corrected chi connectivity index (χ3v) is 9.89. The number of fused-ring (bicyclic) bond motifs is 1. The van der Waals surface area contributed by atoms with Gasteiger partial charge in [0, 0.05) is 55.9 Å². The number of hydrogen-bond donors (Lipinski definition) is 1. The van der Waals surface area contributed by atoms with Gasteiger partial charge in [0.2, 0.25) is 0 Å². The second-order valence-electron chi connectivity index (χ2n) is 13.0. The van der Waals surface area contributed by atoms with Crippen molar-refractivity contribution in [3.8, 4) is 22.8 Å². The Kier molecular flexibility index (Phi) is 12.0. The zero-order valence-corrected chi connectivity index (χ0v) is 30.9. The molecule has 1 saturated heterocycles. The Bertz CT molecular complexity index is 2010. The van der Waals surface area contributed by atoms with E-state index in [2.05, 4.69) is 29.4 Å². The summed E-state index contributed by atoms with van der Waals surface area (Å²) in [4.78, 5) is 31.7. The predicted molar refractivity (Wildman–Crippen MR) is 206 cm³/mol. The minimum atomic E-state index is -0.257. The van der Waals surface area contributed by atoms with E-state index in [9.17, 15) is 9.59 Å². The van der Waals surface area contributed by atoms with Crippen molar-refractivity contribution in [3.63, 3.8) is 0 Å². The number of likely N-dealkylation sites (N-methyl/N-ethyl adjacent to an activating group) is 1. The van der Waals surface area contributed by atoms with Crippen molar-refractivity contribution in [2.45, 2.75) is 26.5 Å². The van der Waals surface area contributed by atoms with Crippen LogP contribution < -0.4 is 14.8 Å². The van der Waals surface area contributed by atoms with Crippen molar-refractivity contribution in [1.82, 2.24) is 14.4 Å². The number of morpholine rings is 1. The van der Waals surface area contributed by atoms with E-state index in [0.29, 0.717) is 64.3 Å². The van der Waals surface area contributed by atoms with Gasteiger partial charge in [0.15, 0.2) is 0 Å². The molecular weight excluding hydrogens is 676 g/mol. The molecule has 3 heterocycles. The zero-order chi connectivity index (χ0) is 36.6. The third-order valence-electron chi connectivity index (χ3n) is 9.59. The van der Waals surface area contributed by atoms with E-state index >= 15 is 0 Å². The summed E-state index contributed by atoms with van der Waals surface area (Å²) in [7, 11) is 5.52. The number of rotatable bonds is 8. The highest BCUT2D eigenvalue weighted by atomic mass is 35.5. The fourth-order valence-corrected chi connectivity index (χ4v) is 6.59. The summed E-state index contributed by atoms with van der Waals surface area (Å²) in [5.74, 6) is 0.753. The van der Waals surface area contributed by atoms with Crippen LogP contribution in [0, 0.1) is 6.92 Å². The van der Waals surface area contributed by atoms with Crippen LogP contribution in [0.1, 0.15) is 43.1 Å². The molecule has 9 nitrogen and oxygen atoms in total. The minimum absolute atomic E-state index is 0.117. The Labute approximate surface area is 310 Å². The van der Waals surface area contributed by atoms with E-state index in [1.807, 2.05) is 96.2 Å². The highest BCUT2D eigenvalue weighted by Crippen LogP contribution is 2.37. The number of methoxy groups -OCH3 is 1. The number of nitrogens with zero attached hydrogens (tertiary/aromatic N) is 3. The topological polar surface area (TPSA) is 85.3 Å². The fraction of sp³-hybridized carbons (Fsp3) is 0.286. The number of aromatic nitrogens is 1. The smallest absolute Gasteiger partial charge is 0.257 e. The Hall–Kier alpha value is -5.09. The number of halogens is 1. The van der Waals surface area contributed by atoms with Gasteiger partial charge in [-0.3, -0.25) is 9.59 Å². The van der Waals surface area contributed by atoms with Gasteiger partial charge in [0.25, 0.3) is 11.8 Å². The van der Waals surface area contributed by atoms with Crippen LogP contribution >= 0.6 is 11.6 Å². The van der Waals surface area contributed by atoms with Crippen LogP contribution in [0.25, 0.3) is 11.3 Å². The summed E-state index contributed by atoms with van der Waals surface area (Å²) in [6.07, 6.45) is 0.787. The van der Waals surface area contributed by atoms with Crippen LogP contribution in [0.15, 0.2) is 97.1 Å². The van der Waals surface area contributed by atoms with Gasteiger partial charge in [0.05, 0.1) is 36.5 Å². The van der Waals surface area contributed by atoms with Gasteiger partial charge in [-0.25, -0.2) is 0 Å². The first-order valence-corrected chi connectivity index (χ1v) is 17.8. The van der Waals surface area contributed by atoms with Gasteiger partial charge in [-0.05, 0) is 79.5 Å². The van der Waals surface area contributed by atoms with Gasteiger partial charge >= 0.3 is 0 Å². The lowest BCUT2D eigenvalue weighted by molar-refractivity contribution is 0.0503. The molecule has 0 saturated carbocycles. The quantitative estimate of drug-likeness (QED) is 0.177. The van der Waals surface area contributed by atoms with Crippen molar-refractivity contribution in [3.05, 3.63) is 136 Å². The second-order valence-corrected chi connectivity index (χ2v) is 13.4. The zero-order valence-electron chi connectivity index (χ0n) is 30.2. The summed E-state index contributed by atoms with van der Waals surface area (Å²) in [6, 6.07) is 30.7. The molecule has 0 aliphatic carbocycles. The molecule has 0 bridgehead atoms. The molecule has 0 radical (unpaired) electrons. The number of anilines is 1. The fourth-order valence-electron chi connectivity index (χ4n) is 6.35. The molecule has 2 aliphatic rings. The maximum absolute atomic E-state index is 14.0. The summed E-state index contributed by atoms with van der Waals surface area (Å²) in [5, 5.41) is 3.37. The van der Waals surface area contributed by atoms with Crippen LogP contribution in [0.4, 0.5) is 5.69 Å². The maximum Gasteiger partial charge on any atom is 0.257 e. The van der Waals surface area contributed by atoms with E-state index in [4.69, 9.17) is 25.8 Å². The van der Waals surface area contributed by atoms with E-state index < -0.39 is 0 Å². The highest BCUT2D eigenvalue weighted by molar-refractivity contribution is 6.32. The lowest BCUT2D eigenvalue weighted by Gasteiger charge is -2.29. The average Bonchev–Trinajstić information content (AvgIpc) is 3.48. The summed E-state index contributed by atoms with van der Waals surface area (Å²) >= 11 is 6.60. The molecule has 2 aliphatic heterocycles. The molecule has 0 spiro atoms. The first kappa shape index (κ1) is 36.7. The SMILES string of the molecule is CN1CCOCC1.COc1cc(C(=O)N2CCc3ccccc3C2)c(-c2cc(C(=O)Nc3ccc(OCc4ccccc4)cc3)c(C)n2C)cc1Cl. The van der Waals surface area contributed by atoms with Gasteiger partial charge in [0.1, 0.15) is 18.1 Å². The molecule has 1 N–H and O–H groups in total. The van der Waals surface area contributed by atoms with Crippen molar-refractivity contribution in [2.75, 3.05) is 52.3 Å². The van der Waals surface area contributed by atoms with E-state index in [-0.39, 0.29) is 11.8 Å². The van der Waals surface area contributed by atoms with E-state index in [1.165, 1.54) is 12.7 Å². The molecule has 2 amide bonds. The number of benzene rings is 4. The van der Waals surface area contributed by atoms with Crippen LogP contribution in [0.3, 0.4) is 0 Å². The monoisotopic (exact) mass is 720 g/mol. The van der Waals surface area contributed by atoms with Gasteiger partial charge in [-0.1, -0.05) is 66.2 Å². The van der Waals surface area contributed by atoms with Crippen molar-refractivity contribution in [1.29, 1.82) is 0 Å². The molecule has 10 heteroatoms. The molecule has 270 valence electrons. The number of nitrogens with one attached hydrogen (secondary N) is 1. The van der Waals surface area contributed by atoms with Gasteiger partial charge in [-0.15, -0.1) is 0 Å². The summed E-state index contributed by atoms with van der Waals surface area (Å²) < 4.78 is 18.4. The van der Waals surface area contributed by atoms with Gasteiger partial charge < -0.3 is 33.9 Å². The minimum Gasteiger partial charge on any atom is -0.495 e. The lowest BCUT2D eigenvalue weighted by Crippen LogP contribution is -2.36. The lowest BCUT2D eigenvalue weighted by atomic mass is 9.97. The molecule has 4 aromatic carbocycles. The maximum atomic E-state index is 14.0. The molecular formula is C42H45ClN4O5. The van der Waals surface area contributed by atoms with Crippen LogP contribution in [-0.4, -0.2) is 73.2 Å². The Morgan fingerprint density at radius 1 is 0.846 bits per heavy atom. The number of carbonyl (C=O) groups excluding carboxylic acids is 2. The van der Waals surface area contributed by atoms with Crippen LogP contribution in [-0.2, 0) is 31.4 Å². The van der Waals surface area contributed by atoms with E-state index in [0.717, 1.165) is 49.5 Å².